The molecular formula is C21H33IN6S. The molecule has 1 aromatic heterocycles. The lowest BCUT2D eigenvalue weighted by Gasteiger charge is -2.22. The smallest absolute Gasteiger partial charge is 0.193 e. The third-order valence-corrected chi connectivity index (χ3v) is 5.95. The van der Waals surface area contributed by atoms with Gasteiger partial charge < -0.3 is 14.8 Å². The van der Waals surface area contributed by atoms with Gasteiger partial charge in [0, 0.05) is 39.6 Å². The van der Waals surface area contributed by atoms with E-state index in [2.05, 4.69) is 67.5 Å². The molecule has 0 unspecified atom stereocenters. The Labute approximate surface area is 196 Å². The molecule has 0 bridgehead atoms. The first-order chi connectivity index (χ1) is 13.7. The molecule has 0 amide bonds. The zero-order valence-electron chi connectivity index (χ0n) is 17.7. The number of aromatic nitrogens is 3. The van der Waals surface area contributed by atoms with Crippen LogP contribution >= 0.6 is 35.7 Å². The first-order valence-corrected chi connectivity index (χ1v) is 11.4. The minimum absolute atomic E-state index is 0. The van der Waals surface area contributed by atoms with Crippen LogP contribution in [0.4, 0.5) is 0 Å². The molecule has 160 valence electrons. The molecule has 1 aromatic carbocycles. The van der Waals surface area contributed by atoms with E-state index in [1.165, 1.54) is 31.2 Å². The van der Waals surface area contributed by atoms with Crippen molar-refractivity contribution in [3.63, 3.8) is 0 Å². The van der Waals surface area contributed by atoms with Crippen LogP contribution in [0.15, 0.2) is 40.5 Å². The van der Waals surface area contributed by atoms with Crippen molar-refractivity contribution in [2.45, 2.75) is 56.3 Å². The molecule has 29 heavy (non-hydrogen) atoms. The second kappa shape index (κ2) is 12.4. The number of halogens is 1. The highest BCUT2D eigenvalue weighted by atomic mass is 127. The van der Waals surface area contributed by atoms with E-state index in [9.17, 15) is 0 Å². The fraction of sp³-hybridized carbons (Fsp3) is 0.571. The average molecular weight is 529 g/mol. The fourth-order valence-corrected chi connectivity index (χ4v) is 4.48. The van der Waals surface area contributed by atoms with Crippen LogP contribution in [-0.4, -0.2) is 52.5 Å². The molecule has 1 fully saturated rings. The van der Waals surface area contributed by atoms with E-state index in [4.69, 9.17) is 0 Å². The van der Waals surface area contributed by atoms with Gasteiger partial charge >= 0.3 is 0 Å². The summed E-state index contributed by atoms with van der Waals surface area (Å²) >= 11 is 1.70. The van der Waals surface area contributed by atoms with Crippen molar-refractivity contribution in [3.8, 4) is 0 Å². The molecule has 0 radical (unpaired) electrons. The predicted molar refractivity (Wildman–Crippen MR) is 132 cm³/mol. The van der Waals surface area contributed by atoms with Crippen molar-refractivity contribution < 1.29 is 0 Å². The van der Waals surface area contributed by atoms with E-state index >= 15 is 0 Å². The van der Waals surface area contributed by atoms with Crippen molar-refractivity contribution in [3.05, 3.63) is 41.7 Å². The third-order valence-electron chi connectivity index (χ3n) is 5.30. The zero-order chi connectivity index (χ0) is 19.8. The maximum absolute atomic E-state index is 4.48. The number of aliphatic imine (C=N–C) groups is 1. The minimum atomic E-state index is 0. The van der Waals surface area contributed by atoms with Crippen LogP contribution in [0.2, 0.25) is 0 Å². The summed E-state index contributed by atoms with van der Waals surface area (Å²) in [5.74, 6) is 2.05. The molecule has 0 atom stereocenters. The predicted octanol–water partition coefficient (Wildman–Crippen LogP) is 4.37. The molecule has 1 aliphatic carbocycles. The van der Waals surface area contributed by atoms with Gasteiger partial charge in [-0.1, -0.05) is 54.9 Å². The topological polar surface area (TPSA) is 58.3 Å². The van der Waals surface area contributed by atoms with Crippen LogP contribution in [0.1, 0.15) is 49.5 Å². The summed E-state index contributed by atoms with van der Waals surface area (Å²) in [5, 5.41) is 13.4. The molecule has 2 aromatic rings. The molecule has 0 spiro atoms. The van der Waals surface area contributed by atoms with E-state index in [1.54, 1.807) is 11.8 Å². The standard InChI is InChI=1S/C21H32N6S.HI/c1-22-20(26(2)16-17-10-5-4-6-11-17)23-15-9-14-19-24-25-21(28-3)27(19)18-12-7-8-13-18;/h4-6,10-11,18H,7-9,12-16H2,1-3H3,(H,22,23);1H. The molecular weight excluding hydrogens is 495 g/mol. The van der Waals surface area contributed by atoms with Gasteiger partial charge in [0.2, 0.25) is 0 Å². The molecule has 3 rings (SSSR count). The fourth-order valence-electron chi connectivity index (χ4n) is 3.91. The highest BCUT2D eigenvalue weighted by Crippen LogP contribution is 2.33. The van der Waals surface area contributed by atoms with Gasteiger partial charge in [-0.15, -0.1) is 34.2 Å². The number of nitrogens with one attached hydrogen (secondary N) is 1. The minimum Gasteiger partial charge on any atom is -0.356 e. The Morgan fingerprint density at radius 2 is 1.97 bits per heavy atom. The molecule has 1 heterocycles. The van der Waals surface area contributed by atoms with Crippen LogP contribution in [0.25, 0.3) is 0 Å². The Balaban J connectivity index is 0.00000300. The number of hydrogen-bond acceptors (Lipinski definition) is 4. The molecule has 0 aliphatic heterocycles. The van der Waals surface area contributed by atoms with Crippen molar-refractivity contribution in [1.82, 2.24) is 25.0 Å². The van der Waals surface area contributed by atoms with Crippen molar-refractivity contribution in [1.29, 1.82) is 0 Å². The Hall–Kier alpha value is -1.29. The third kappa shape index (κ3) is 6.60. The van der Waals surface area contributed by atoms with Gasteiger partial charge in [0.15, 0.2) is 11.1 Å². The molecule has 0 saturated heterocycles. The second-order valence-electron chi connectivity index (χ2n) is 7.33. The van der Waals surface area contributed by atoms with E-state index in [0.717, 1.165) is 42.9 Å². The number of aryl methyl sites for hydroxylation is 1. The maximum Gasteiger partial charge on any atom is 0.193 e. The van der Waals surface area contributed by atoms with Crippen LogP contribution in [0.3, 0.4) is 0 Å². The van der Waals surface area contributed by atoms with Gasteiger partial charge in [-0.3, -0.25) is 4.99 Å². The van der Waals surface area contributed by atoms with E-state index in [0.29, 0.717) is 6.04 Å². The van der Waals surface area contributed by atoms with Crippen LogP contribution in [0, 0.1) is 0 Å². The van der Waals surface area contributed by atoms with Gasteiger partial charge in [-0.05, 0) is 31.1 Å². The summed E-state index contributed by atoms with van der Waals surface area (Å²) in [6.45, 7) is 1.71. The Morgan fingerprint density at radius 1 is 1.24 bits per heavy atom. The lowest BCUT2D eigenvalue weighted by molar-refractivity contribution is 0.457. The maximum atomic E-state index is 4.48. The first kappa shape index (κ1) is 24.0. The Morgan fingerprint density at radius 3 is 2.62 bits per heavy atom. The molecule has 1 N–H and O–H groups in total. The summed E-state index contributed by atoms with van der Waals surface area (Å²) in [4.78, 5) is 6.58. The Kier molecular flexibility index (Phi) is 10.3. The number of hydrogen-bond donors (Lipinski definition) is 1. The highest BCUT2D eigenvalue weighted by Gasteiger charge is 2.23. The lowest BCUT2D eigenvalue weighted by Crippen LogP contribution is -2.39. The van der Waals surface area contributed by atoms with Crippen molar-refractivity contribution in [2.24, 2.45) is 4.99 Å². The lowest BCUT2D eigenvalue weighted by atomic mass is 10.2. The summed E-state index contributed by atoms with van der Waals surface area (Å²) in [6.07, 6.45) is 9.20. The van der Waals surface area contributed by atoms with Crippen LogP contribution in [0.5, 0.6) is 0 Å². The van der Waals surface area contributed by atoms with E-state index in [1.807, 2.05) is 13.1 Å². The summed E-state index contributed by atoms with van der Waals surface area (Å²) < 4.78 is 2.40. The second-order valence-corrected chi connectivity index (χ2v) is 8.10. The number of thioether (sulfide) groups is 1. The zero-order valence-corrected chi connectivity index (χ0v) is 20.8. The monoisotopic (exact) mass is 528 g/mol. The van der Waals surface area contributed by atoms with E-state index in [-0.39, 0.29) is 24.0 Å². The number of nitrogens with zero attached hydrogens (tertiary/aromatic N) is 5. The normalized spacial score (nSPS) is 14.7. The average Bonchev–Trinajstić information content (AvgIpc) is 3.38. The van der Waals surface area contributed by atoms with Gasteiger partial charge in [0.1, 0.15) is 5.82 Å². The molecule has 8 heteroatoms. The molecule has 1 saturated carbocycles. The van der Waals surface area contributed by atoms with Crippen molar-refractivity contribution in [2.75, 3.05) is 26.9 Å². The van der Waals surface area contributed by atoms with Gasteiger partial charge in [0.25, 0.3) is 0 Å². The summed E-state index contributed by atoms with van der Waals surface area (Å²) in [7, 11) is 3.91. The summed E-state index contributed by atoms with van der Waals surface area (Å²) in [5.41, 5.74) is 1.28. The SMILES string of the molecule is CN=C(NCCCc1nnc(SC)n1C1CCCC1)N(C)Cc1ccccc1.I. The Bertz CT molecular complexity index is 758. The summed E-state index contributed by atoms with van der Waals surface area (Å²) in [6, 6.07) is 11.1. The van der Waals surface area contributed by atoms with Crippen molar-refractivity contribution >= 4 is 41.7 Å². The number of benzene rings is 1. The van der Waals surface area contributed by atoms with Gasteiger partial charge in [-0.2, -0.15) is 0 Å². The van der Waals surface area contributed by atoms with Gasteiger partial charge in [0.05, 0.1) is 0 Å². The van der Waals surface area contributed by atoms with Crippen LogP contribution in [-0.2, 0) is 13.0 Å². The van der Waals surface area contributed by atoms with E-state index < -0.39 is 0 Å². The number of guanidine groups is 1. The largest absolute Gasteiger partial charge is 0.356 e. The molecule has 6 nitrogen and oxygen atoms in total. The van der Waals surface area contributed by atoms with Gasteiger partial charge in [-0.25, -0.2) is 0 Å². The highest BCUT2D eigenvalue weighted by molar-refractivity contribution is 14.0. The first-order valence-electron chi connectivity index (χ1n) is 10.2. The van der Waals surface area contributed by atoms with Crippen LogP contribution < -0.4 is 5.32 Å². The molecule has 1 aliphatic rings. The number of rotatable bonds is 8. The quantitative estimate of drug-likeness (QED) is 0.181.